The summed E-state index contributed by atoms with van der Waals surface area (Å²) in [6, 6.07) is 9.76. The Bertz CT molecular complexity index is 813. The predicted molar refractivity (Wildman–Crippen MR) is 92.2 cm³/mol. The quantitative estimate of drug-likeness (QED) is 0.745. The fraction of sp³-hybridized carbons (Fsp3) is 0.222. The highest BCUT2D eigenvalue weighted by molar-refractivity contribution is 7.09. The number of amides is 1. The van der Waals surface area contributed by atoms with Crippen molar-refractivity contribution in [1.82, 2.24) is 14.9 Å². The smallest absolute Gasteiger partial charge is 0.221 e. The molecule has 0 bridgehead atoms. The van der Waals surface area contributed by atoms with Crippen molar-refractivity contribution in [3.8, 4) is 0 Å². The lowest BCUT2D eigenvalue weighted by Crippen LogP contribution is -2.31. The number of carbonyl (C=O) groups is 1. The van der Waals surface area contributed by atoms with E-state index in [1.807, 2.05) is 29.1 Å². The van der Waals surface area contributed by atoms with Crippen LogP contribution in [0.1, 0.15) is 28.7 Å². The van der Waals surface area contributed by atoms with Gasteiger partial charge in [0.2, 0.25) is 5.91 Å². The molecule has 1 aromatic carbocycles. The maximum atomic E-state index is 13.6. The van der Waals surface area contributed by atoms with Gasteiger partial charge >= 0.3 is 0 Å². The first-order valence-electron chi connectivity index (χ1n) is 7.68. The van der Waals surface area contributed by atoms with Crippen LogP contribution in [0.5, 0.6) is 0 Å². The molecule has 1 atom stereocenters. The molecule has 0 radical (unpaired) electrons. The summed E-state index contributed by atoms with van der Waals surface area (Å²) in [6.07, 6.45) is 4.55. The molecule has 0 saturated carbocycles. The second-order valence-corrected chi connectivity index (χ2v) is 6.56. The summed E-state index contributed by atoms with van der Waals surface area (Å²) in [5.41, 5.74) is 0.675. The summed E-state index contributed by atoms with van der Waals surface area (Å²) in [4.78, 5) is 17.9. The fourth-order valence-corrected chi connectivity index (χ4v) is 3.27. The van der Waals surface area contributed by atoms with Crippen LogP contribution in [0.2, 0.25) is 0 Å². The Hall–Kier alpha value is -2.47. The Morgan fingerprint density at radius 2 is 2.25 bits per heavy atom. The van der Waals surface area contributed by atoms with E-state index in [0.29, 0.717) is 24.2 Å². The molecule has 0 fully saturated rings. The highest BCUT2D eigenvalue weighted by atomic mass is 32.1. The van der Waals surface area contributed by atoms with E-state index in [0.717, 1.165) is 0 Å². The molecular formula is C18H18FN3OS. The van der Waals surface area contributed by atoms with Crippen molar-refractivity contribution in [1.29, 1.82) is 0 Å². The van der Waals surface area contributed by atoms with Crippen LogP contribution in [0.4, 0.5) is 4.39 Å². The lowest BCUT2D eigenvalue weighted by Gasteiger charge is -2.19. The summed E-state index contributed by atoms with van der Waals surface area (Å²) in [5.74, 6) is 0.255. The zero-order valence-corrected chi connectivity index (χ0v) is 14.1. The van der Waals surface area contributed by atoms with Crippen LogP contribution in [0.3, 0.4) is 0 Å². The van der Waals surface area contributed by atoms with Gasteiger partial charge in [-0.2, -0.15) is 0 Å². The second-order valence-electron chi connectivity index (χ2n) is 5.53. The maximum absolute atomic E-state index is 13.6. The molecule has 3 rings (SSSR count). The number of carbonyl (C=O) groups excluding carboxylic acids is 1. The van der Waals surface area contributed by atoms with Crippen LogP contribution in [0.25, 0.3) is 0 Å². The number of rotatable bonds is 6. The van der Waals surface area contributed by atoms with E-state index in [-0.39, 0.29) is 11.7 Å². The van der Waals surface area contributed by atoms with E-state index in [4.69, 9.17) is 0 Å². The number of halogens is 1. The largest absolute Gasteiger partial charge is 0.342 e. The van der Waals surface area contributed by atoms with Crippen LogP contribution in [-0.4, -0.2) is 15.5 Å². The predicted octanol–water partition coefficient (Wildman–Crippen LogP) is 3.46. The van der Waals surface area contributed by atoms with Gasteiger partial charge in [-0.15, -0.1) is 11.3 Å². The summed E-state index contributed by atoms with van der Waals surface area (Å²) in [7, 11) is 1.85. The van der Waals surface area contributed by atoms with Gasteiger partial charge in [0.25, 0.3) is 0 Å². The fourth-order valence-electron chi connectivity index (χ4n) is 2.56. The number of imidazole rings is 1. The number of benzene rings is 1. The molecule has 2 heterocycles. The molecule has 3 aromatic rings. The van der Waals surface area contributed by atoms with Gasteiger partial charge in [0.1, 0.15) is 17.7 Å². The van der Waals surface area contributed by atoms with Gasteiger partial charge in [0.05, 0.1) is 0 Å². The minimum Gasteiger partial charge on any atom is -0.342 e. The molecule has 1 N–H and O–H groups in total. The Morgan fingerprint density at radius 3 is 2.92 bits per heavy atom. The molecule has 24 heavy (non-hydrogen) atoms. The zero-order chi connectivity index (χ0) is 16.9. The first-order chi connectivity index (χ1) is 11.6. The van der Waals surface area contributed by atoms with Crippen LogP contribution in [0, 0.1) is 5.82 Å². The minimum absolute atomic E-state index is 0.0827. The molecule has 0 aliphatic heterocycles. The van der Waals surface area contributed by atoms with Crippen LogP contribution in [0.15, 0.2) is 54.2 Å². The number of nitrogens with one attached hydrogen (secondary N) is 1. The van der Waals surface area contributed by atoms with Crippen molar-refractivity contribution in [2.24, 2.45) is 7.05 Å². The Balaban J connectivity index is 1.77. The van der Waals surface area contributed by atoms with E-state index >= 15 is 0 Å². The van der Waals surface area contributed by atoms with E-state index in [2.05, 4.69) is 10.3 Å². The minimum atomic E-state index is -0.475. The molecular weight excluding hydrogens is 325 g/mol. The SMILES string of the molecule is Cn1ccnc1[C@@H](NC(=O)CCc1cccs1)c1cccc(F)c1. The summed E-state index contributed by atoms with van der Waals surface area (Å²) >= 11 is 1.64. The van der Waals surface area contributed by atoms with Gasteiger partial charge in [-0.1, -0.05) is 18.2 Å². The molecule has 1 amide bonds. The summed E-state index contributed by atoms with van der Waals surface area (Å²) in [6.45, 7) is 0. The van der Waals surface area contributed by atoms with Gasteiger partial charge in [-0.05, 0) is 35.6 Å². The van der Waals surface area contributed by atoms with Gasteiger partial charge in [0.15, 0.2) is 0 Å². The van der Waals surface area contributed by atoms with Gasteiger partial charge in [0, 0.05) is 30.7 Å². The number of hydrogen-bond acceptors (Lipinski definition) is 3. The summed E-state index contributed by atoms with van der Waals surface area (Å²) in [5, 5.41) is 4.98. The van der Waals surface area contributed by atoms with Crippen molar-refractivity contribution >= 4 is 17.2 Å². The first-order valence-corrected chi connectivity index (χ1v) is 8.56. The number of aryl methyl sites for hydroxylation is 2. The Kier molecular flexibility index (Phi) is 5.05. The van der Waals surface area contributed by atoms with Crippen molar-refractivity contribution < 1.29 is 9.18 Å². The third-order valence-corrected chi connectivity index (χ3v) is 4.72. The van der Waals surface area contributed by atoms with E-state index < -0.39 is 6.04 Å². The average molecular weight is 343 g/mol. The van der Waals surface area contributed by atoms with Crippen LogP contribution in [-0.2, 0) is 18.3 Å². The molecule has 0 aliphatic rings. The van der Waals surface area contributed by atoms with E-state index in [1.54, 1.807) is 35.9 Å². The monoisotopic (exact) mass is 343 g/mol. The molecule has 4 nitrogen and oxygen atoms in total. The van der Waals surface area contributed by atoms with E-state index in [9.17, 15) is 9.18 Å². The maximum Gasteiger partial charge on any atom is 0.221 e. The molecule has 0 unspecified atom stereocenters. The standard InChI is InChI=1S/C18H18FN3OS/c1-22-10-9-20-18(22)17(13-4-2-5-14(19)12-13)21-16(23)8-7-15-6-3-11-24-15/h2-6,9-12,17H,7-8H2,1H3,(H,21,23)/t17-/m0/s1. The normalized spacial score (nSPS) is 12.1. The number of aromatic nitrogens is 2. The van der Waals surface area contributed by atoms with E-state index in [1.165, 1.54) is 17.0 Å². The number of hydrogen-bond donors (Lipinski definition) is 1. The average Bonchev–Trinajstić information content (AvgIpc) is 3.22. The van der Waals surface area contributed by atoms with Gasteiger partial charge in [-0.3, -0.25) is 4.79 Å². The third-order valence-electron chi connectivity index (χ3n) is 3.78. The first kappa shape index (κ1) is 16.4. The van der Waals surface area contributed by atoms with Gasteiger partial charge in [-0.25, -0.2) is 9.37 Å². The van der Waals surface area contributed by atoms with Crippen LogP contribution < -0.4 is 5.32 Å². The highest BCUT2D eigenvalue weighted by Gasteiger charge is 2.21. The molecule has 0 saturated heterocycles. The van der Waals surface area contributed by atoms with Crippen LogP contribution >= 0.6 is 11.3 Å². The van der Waals surface area contributed by atoms with Gasteiger partial charge < -0.3 is 9.88 Å². The topological polar surface area (TPSA) is 46.9 Å². The molecule has 0 aliphatic carbocycles. The van der Waals surface area contributed by atoms with Crippen molar-refractivity contribution in [2.45, 2.75) is 18.9 Å². The Morgan fingerprint density at radius 1 is 1.38 bits per heavy atom. The lowest BCUT2D eigenvalue weighted by atomic mass is 10.1. The molecule has 2 aromatic heterocycles. The molecule has 124 valence electrons. The third kappa shape index (κ3) is 3.89. The zero-order valence-electron chi connectivity index (χ0n) is 13.3. The second kappa shape index (κ2) is 7.40. The summed E-state index contributed by atoms with van der Waals surface area (Å²) < 4.78 is 15.4. The molecule has 6 heteroatoms. The number of nitrogens with zero attached hydrogens (tertiary/aromatic N) is 2. The molecule has 0 spiro atoms. The highest BCUT2D eigenvalue weighted by Crippen LogP contribution is 2.21. The Labute approximate surface area is 144 Å². The van der Waals surface area contributed by atoms with Crippen molar-refractivity contribution in [3.63, 3.8) is 0 Å². The van der Waals surface area contributed by atoms with Crippen molar-refractivity contribution in [3.05, 3.63) is 76.3 Å². The number of thiophene rings is 1. The van der Waals surface area contributed by atoms with Crippen molar-refractivity contribution in [2.75, 3.05) is 0 Å². The lowest BCUT2D eigenvalue weighted by molar-refractivity contribution is -0.121.